The molecule has 2 aromatic rings. The molecule has 0 fully saturated rings. The Morgan fingerprint density at radius 1 is 1.13 bits per heavy atom. The molecule has 1 N–H and O–H groups in total. The van der Waals surface area contributed by atoms with Crippen LogP contribution in [0.1, 0.15) is 42.9 Å². The molecule has 0 aliphatic rings. The van der Waals surface area contributed by atoms with Gasteiger partial charge in [-0.05, 0) is 61.1 Å². The van der Waals surface area contributed by atoms with Crippen molar-refractivity contribution in [2.75, 3.05) is 11.9 Å². The molecule has 2 aromatic carbocycles. The summed E-state index contributed by atoms with van der Waals surface area (Å²) in [7, 11) is 0. The first-order chi connectivity index (χ1) is 11.0. The van der Waals surface area contributed by atoms with Crippen molar-refractivity contribution in [3.63, 3.8) is 0 Å². The first-order valence-corrected chi connectivity index (χ1v) is 8.09. The van der Waals surface area contributed by atoms with Crippen LogP contribution >= 0.6 is 0 Å². The zero-order valence-corrected chi connectivity index (χ0v) is 14.3. The van der Waals surface area contributed by atoms with E-state index in [1.165, 1.54) is 5.56 Å². The second-order valence-electron chi connectivity index (χ2n) is 6.03. The number of carbonyl (C=O) groups is 1. The number of anilines is 1. The lowest BCUT2D eigenvalue weighted by molar-refractivity contribution is -0.118. The Balaban J connectivity index is 1.90. The predicted molar refractivity (Wildman–Crippen MR) is 95.2 cm³/mol. The van der Waals surface area contributed by atoms with Crippen LogP contribution in [0.15, 0.2) is 42.5 Å². The molecule has 0 bridgehead atoms. The highest BCUT2D eigenvalue weighted by Crippen LogP contribution is 2.21. The standard InChI is InChI=1S/C20H25NO2/c1-5-15(3)17-8-10-18(11-9-17)23-13-20(22)21-19-12-14(2)6-7-16(19)4/h6-12,15H,5,13H2,1-4H3,(H,21,22)/t15-/m1/s1. The van der Waals surface area contributed by atoms with Crippen LogP contribution in [0.3, 0.4) is 0 Å². The summed E-state index contributed by atoms with van der Waals surface area (Å²) in [5, 5.41) is 2.90. The van der Waals surface area contributed by atoms with Crippen LogP contribution in [-0.2, 0) is 4.79 Å². The molecule has 0 saturated heterocycles. The van der Waals surface area contributed by atoms with Gasteiger partial charge < -0.3 is 10.1 Å². The van der Waals surface area contributed by atoms with E-state index in [9.17, 15) is 4.79 Å². The number of nitrogens with one attached hydrogen (secondary N) is 1. The van der Waals surface area contributed by atoms with E-state index in [2.05, 4.69) is 31.3 Å². The number of carbonyl (C=O) groups excluding carboxylic acids is 1. The maximum absolute atomic E-state index is 12.0. The molecule has 0 aliphatic carbocycles. The first-order valence-electron chi connectivity index (χ1n) is 8.09. The topological polar surface area (TPSA) is 38.3 Å². The molecule has 3 heteroatoms. The number of amides is 1. The monoisotopic (exact) mass is 311 g/mol. The molecular formula is C20H25NO2. The summed E-state index contributed by atoms with van der Waals surface area (Å²) in [4.78, 5) is 12.0. The summed E-state index contributed by atoms with van der Waals surface area (Å²) in [6.45, 7) is 8.37. The van der Waals surface area contributed by atoms with Gasteiger partial charge in [0.2, 0.25) is 0 Å². The van der Waals surface area contributed by atoms with E-state index < -0.39 is 0 Å². The molecule has 0 spiro atoms. The van der Waals surface area contributed by atoms with Crippen molar-refractivity contribution in [3.8, 4) is 5.75 Å². The molecule has 1 atom stereocenters. The fourth-order valence-corrected chi connectivity index (χ4v) is 2.33. The minimum Gasteiger partial charge on any atom is -0.484 e. The number of aryl methyl sites for hydroxylation is 2. The summed E-state index contributed by atoms with van der Waals surface area (Å²) in [5.41, 5.74) is 4.29. The summed E-state index contributed by atoms with van der Waals surface area (Å²) in [5.74, 6) is 1.11. The quantitative estimate of drug-likeness (QED) is 0.829. The van der Waals surface area contributed by atoms with Gasteiger partial charge in [-0.15, -0.1) is 0 Å². The third-order valence-corrected chi connectivity index (χ3v) is 4.10. The van der Waals surface area contributed by atoms with Crippen molar-refractivity contribution < 1.29 is 9.53 Å². The third kappa shape index (κ3) is 4.85. The number of hydrogen-bond acceptors (Lipinski definition) is 2. The zero-order valence-electron chi connectivity index (χ0n) is 14.3. The Bertz CT molecular complexity index is 662. The van der Waals surface area contributed by atoms with E-state index in [-0.39, 0.29) is 12.5 Å². The largest absolute Gasteiger partial charge is 0.484 e. The Morgan fingerprint density at radius 2 is 1.83 bits per heavy atom. The minimum absolute atomic E-state index is 0.00998. The second-order valence-corrected chi connectivity index (χ2v) is 6.03. The lowest BCUT2D eigenvalue weighted by Gasteiger charge is -2.12. The molecule has 3 nitrogen and oxygen atoms in total. The molecule has 1 amide bonds. The van der Waals surface area contributed by atoms with Gasteiger partial charge in [-0.25, -0.2) is 0 Å². The van der Waals surface area contributed by atoms with Crippen LogP contribution in [0.5, 0.6) is 5.75 Å². The fourth-order valence-electron chi connectivity index (χ4n) is 2.33. The van der Waals surface area contributed by atoms with Gasteiger partial charge in [0.25, 0.3) is 5.91 Å². The maximum Gasteiger partial charge on any atom is 0.262 e. The van der Waals surface area contributed by atoms with E-state index in [0.717, 1.165) is 23.2 Å². The normalized spacial score (nSPS) is 11.8. The molecule has 122 valence electrons. The van der Waals surface area contributed by atoms with Gasteiger partial charge in [0.05, 0.1) is 0 Å². The molecule has 0 unspecified atom stereocenters. The summed E-state index contributed by atoms with van der Waals surface area (Å²) < 4.78 is 5.57. The van der Waals surface area contributed by atoms with E-state index in [1.807, 2.05) is 44.2 Å². The highest BCUT2D eigenvalue weighted by molar-refractivity contribution is 5.92. The minimum atomic E-state index is -0.148. The lowest BCUT2D eigenvalue weighted by Crippen LogP contribution is -2.20. The van der Waals surface area contributed by atoms with Crippen molar-refractivity contribution in [1.82, 2.24) is 0 Å². The molecule has 0 saturated carbocycles. The van der Waals surface area contributed by atoms with Gasteiger partial charge in [0.1, 0.15) is 5.75 Å². The number of benzene rings is 2. The van der Waals surface area contributed by atoms with Crippen LogP contribution in [0, 0.1) is 13.8 Å². The van der Waals surface area contributed by atoms with Gasteiger partial charge in [0, 0.05) is 5.69 Å². The van der Waals surface area contributed by atoms with Crippen LogP contribution in [0.25, 0.3) is 0 Å². The predicted octanol–water partition coefficient (Wildman–Crippen LogP) is 4.83. The molecule has 0 aromatic heterocycles. The van der Waals surface area contributed by atoms with Crippen molar-refractivity contribution in [2.45, 2.75) is 40.0 Å². The number of rotatable bonds is 6. The molecule has 23 heavy (non-hydrogen) atoms. The van der Waals surface area contributed by atoms with E-state index in [0.29, 0.717) is 11.7 Å². The van der Waals surface area contributed by atoms with Crippen molar-refractivity contribution >= 4 is 11.6 Å². The summed E-state index contributed by atoms with van der Waals surface area (Å²) >= 11 is 0. The lowest BCUT2D eigenvalue weighted by atomic mass is 9.99. The Kier molecular flexibility index (Phi) is 5.80. The summed E-state index contributed by atoms with van der Waals surface area (Å²) in [6, 6.07) is 14.0. The Morgan fingerprint density at radius 3 is 2.48 bits per heavy atom. The van der Waals surface area contributed by atoms with Crippen molar-refractivity contribution in [2.24, 2.45) is 0 Å². The first kappa shape index (κ1) is 17.1. The second kappa shape index (κ2) is 7.82. The smallest absolute Gasteiger partial charge is 0.262 e. The van der Waals surface area contributed by atoms with E-state index >= 15 is 0 Å². The molecule has 0 radical (unpaired) electrons. The van der Waals surface area contributed by atoms with Crippen molar-refractivity contribution in [1.29, 1.82) is 0 Å². The van der Waals surface area contributed by atoms with Gasteiger partial charge in [-0.3, -0.25) is 4.79 Å². The highest BCUT2D eigenvalue weighted by Gasteiger charge is 2.07. The number of hydrogen-bond donors (Lipinski definition) is 1. The Hall–Kier alpha value is -2.29. The third-order valence-electron chi connectivity index (χ3n) is 4.10. The van der Waals surface area contributed by atoms with Gasteiger partial charge in [-0.1, -0.05) is 38.1 Å². The van der Waals surface area contributed by atoms with Crippen LogP contribution < -0.4 is 10.1 Å². The average molecular weight is 311 g/mol. The van der Waals surface area contributed by atoms with Gasteiger partial charge in [0.15, 0.2) is 6.61 Å². The molecular weight excluding hydrogens is 286 g/mol. The highest BCUT2D eigenvalue weighted by atomic mass is 16.5. The van der Waals surface area contributed by atoms with E-state index in [4.69, 9.17) is 4.74 Å². The van der Waals surface area contributed by atoms with Crippen LogP contribution in [0.4, 0.5) is 5.69 Å². The van der Waals surface area contributed by atoms with Gasteiger partial charge >= 0.3 is 0 Å². The summed E-state index contributed by atoms with van der Waals surface area (Å²) in [6.07, 6.45) is 1.11. The van der Waals surface area contributed by atoms with Crippen molar-refractivity contribution in [3.05, 3.63) is 59.2 Å². The maximum atomic E-state index is 12.0. The fraction of sp³-hybridized carbons (Fsp3) is 0.350. The number of ether oxygens (including phenoxy) is 1. The van der Waals surface area contributed by atoms with E-state index in [1.54, 1.807) is 0 Å². The molecule has 0 aliphatic heterocycles. The average Bonchev–Trinajstić information content (AvgIpc) is 2.56. The Labute approximate surface area is 138 Å². The molecule has 2 rings (SSSR count). The van der Waals surface area contributed by atoms with Crippen LogP contribution in [-0.4, -0.2) is 12.5 Å². The molecule has 0 heterocycles. The SMILES string of the molecule is CC[C@@H](C)c1ccc(OCC(=O)Nc2cc(C)ccc2C)cc1. The van der Waals surface area contributed by atoms with Gasteiger partial charge in [-0.2, -0.15) is 0 Å². The zero-order chi connectivity index (χ0) is 16.8. The van der Waals surface area contributed by atoms with Crippen LogP contribution in [0.2, 0.25) is 0 Å².